The number of likely N-dealkylation sites (tertiary alicyclic amines) is 1. The van der Waals surface area contributed by atoms with Crippen LogP contribution in [0.3, 0.4) is 0 Å². The molecular formula is C11H22N2OS. The fourth-order valence-electron chi connectivity index (χ4n) is 2.04. The maximum atomic E-state index is 11.8. The van der Waals surface area contributed by atoms with Crippen molar-refractivity contribution in [2.24, 2.45) is 5.92 Å². The number of carbonyl (C=O) groups is 1. The lowest BCUT2D eigenvalue weighted by atomic mass is 10.1. The van der Waals surface area contributed by atoms with Gasteiger partial charge in [-0.1, -0.05) is 0 Å². The summed E-state index contributed by atoms with van der Waals surface area (Å²) in [6.07, 6.45) is 5.00. The molecule has 1 amide bonds. The van der Waals surface area contributed by atoms with Gasteiger partial charge in [0.1, 0.15) is 0 Å². The summed E-state index contributed by atoms with van der Waals surface area (Å²) in [5, 5.41) is 3.18. The Morgan fingerprint density at radius 2 is 2.40 bits per heavy atom. The highest BCUT2D eigenvalue weighted by molar-refractivity contribution is 7.98. The van der Waals surface area contributed by atoms with Gasteiger partial charge in [-0.2, -0.15) is 11.8 Å². The maximum Gasteiger partial charge on any atom is 0.222 e. The first-order valence-corrected chi connectivity index (χ1v) is 7.08. The zero-order valence-corrected chi connectivity index (χ0v) is 10.6. The molecule has 88 valence electrons. The van der Waals surface area contributed by atoms with E-state index in [1.54, 1.807) is 0 Å². The van der Waals surface area contributed by atoms with Crippen molar-refractivity contribution in [3.05, 3.63) is 0 Å². The van der Waals surface area contributed by atoms with E-state index in [-0.39, 0.29) is 0 Å². The van der Waals surface area contributed by atoms with Crippen LogP contribution in [0, 0.1) is 5.92 Å². The molecule has 4 heteroatoms. The lowest BCUT2D eigenvalue weighted by Gasteiger charge is -2.16. The molecule has 0 bridgehead atoms. The van der Waals surface area contributed by atoms with E-state index in [0.717, 1.165) is 44.6 Å². The van der Waals surface area contributed by atoms with Gasteiger partial charge in [0.15, 0.2) is 0 Å². The summed E-state index contributed by atoms with van der Waals surface area (Å²) < 4.78 is 0. The third-order valence-electron chi connectivity index (χ3n) is 2.87. The Morgan fingerprint density at radius 1 is 1.60 bits per heavy atom. The van der Waals surface area contributed by atoms with Crippen molar-refractivity contribution in [2.75, 3.05) is 38.7 Å². The maximum absolute atomic E-state index is 11.8. The molecule has 0 saturated carbocycles. The van der Waals surface area contributed by atoms with Crippen LogP contribution in [0.15, 0.2) is 0 Å². The number of hydrogen-bond acceptors (Lipinski definition) is 3. The molecule has 1 heterocycles. The van der Waals surface area contributed by atoms with E-state index in [0.29, 0.717) is 11.8 Å². The average molecular weight is 230 g/mol. The first-order chi connectivity index (χ1) is 7.27. The SMILES string of the molecule is CNCC1CCN(C(=O)CCCSC)C1. The van der Waals surface area contributed by atoms with Crippen LogP contribution in [-0.2, 0) is 4.79 Å². The van der Waals surface area contributed by atoms with Crippen LogP contribution in [0.4, 0.5) is 0 Å². The van der Waals surface area contributed by atoms with Gasteiger partial charge in [-0.3, -0.25) is 4.79 Å². The topological polar surface area (TPSA) is 32.3 Å². The van der Waals surface area contributed by atoms with Crippen molar-refractivity contribution < 1.29 is 4.79 Å². The van der Waals surface area contributed by atoms with Crippen molar-refractivity contribution in [3.63, 3.8) is 0 Å². The molecule has 0 aromatic carbocycles. The van der Waals surface area contributed by atoms with Crippen LogP contribution >= 0.6 is 11.8 Å². The van der Waals surface area contributed by atoms with E-state index < -0.39 is 0 Å². The molecule has 1 atom stereocenters. The molecule has 0 aromatic rings. The van der Waals surface area contributed by atoms with Gasteiger partial charge in [0.2, 0.25) is 5.91 Å². The Bertz CT molecular complexity index is 199. The number of nitrogens with one attached hydrogen (secondary N) is 1. The predicted octanol–water partition coefficient (Wildman–Crippen LogP) is 1.20. The normalized spacial score (nSPS) is 20.9. The van der Waals surface area contributed by atoms with Crippen LogP contribution in [0.25, 0.3) is 0 Å². The van der Waals surface area contributed by atoms with Gasteiger partial charge in [-0.05, 0) is 44.4 Å². The first-order valence-electron chi connectivity index (χ1n) is 5.69. The summed E-state index contributed by atoms with van der Waals surface area (Å²) in [4.78, 5) is 13.8. The molecule has 0 radical (unpaired) electrons. The van der Waals surface area contributed by atoms with Crippen LogP contribution in [-0.4, -0.2) is 49.5 Å². The van der Waals surface area contributed by atoms with Crippen molar-refractivity contribution in [1.29, 1.82) is 0 Å². The molecular weight excluding hydrogens is 208 g/mol. The Morgan fingerprint density at radius 3 is 3.07 bits per heavy atom. The Balaban J connectivity index is 2.18. The Labute approximate surface area is 97.0 Å². The summed E-state index contributed by atoms with van der Waals surface area (Å²) in [5.74, 6) is 2.11. The van der Waals surface area contributed by atoms with Gasteiger partial charge >= 0.3 is 0 Å². The van der Waals surface area contributed by atoms with E-state index >= 15 is 0 Å². The lowest BCUT2D eigenvalue weighted by Crippen LogP contribution is -2.30. The standard InChI is InChI=1S/C11H22N2OS/c1-12-8-10-5-6-13(9-10)11(14)4-3-7-15-2/h10,12H,3-9H2,1-2H3. The molecule has 1 aliphatic rings. The highest BCUT2D eigenvalue weighted by atomic mass is 32.2. The van der Waals surface area contributed by atoms with Crippen LogP contribution in [0.1, 0.15) is 19.3 Å². The molecule has 15 heavy (non-hydrogen) atoms. The van der Waals surface area contributed by atoms with Crippen molar-refractivity contribution >= 4 is 17.7 Å². The fraction of sp³-hybridized carbons (Fsp3) is 0.909. The van der Waals surface area contributed by atoms with E-state index in [2.05, 4.69) is 11.6 Å². The monoisotopic (exact) mass is 230 g/mol. The second kappa shape index (κ2) is 7.12. The summed E-state index contributed by atoms with van der Waals surface area (Å²) in [6, 6.07) is 0. The number of hydrogen-bond donors (Lipinski definition) is 1. The van der Waals surface area contributed by atoms with E-state index in [4.69, 9.17) is 0 Å². The zero-order chi connectivity index (χ0) is 11.1. The van der Waals surface area contributed by atoms with E-state index in [1.807, 2.05) is 23.7 Å². The highest BCUT2D eigenvalue weighted by Gasteiger charge is 2.24. The molecule has 3 nitrogen and oxygen atoms in total. The first kappa shape index (κ1) is 12.8. The third-order valence-corrected chi connectivity index (χ3v) is 3.57. The minimum absolute atomic E-state index is 0.350. The number of carbonyl (C=O) groups excluding carboxylic acids is 1. The molecule has 1 unspecified atom stereocenters. The van der Waals surface area contributed by atoms with Crippen LogP contribution < -0.4 is 5.32 Å². The highest BCUT2D eigenvalue weighted by Crippen LogP contribution is 2.16. The molecule has 1 saturated heterocycles. The second-order valence-corrected chi connectivity index (χ2v) is 5.13. The largest absolute Gasteiger partial charge is 0.342 e. The van der Waals surface area contributed by atoms with Gasteiger partial charge in [-0.25, -0.2) is 0 Å². The minimum atomic E-state index is 0.350. The number of thioether (sulfide) groups is 1. The molecule has 1 aliphatic heterocycles. The number of nitrogens with zero attached hydrogens (tertiary/aromatic N) is 1. The minimum Gasteiger partial charge on any atom is -0.342 e. The van der Waals surface area contributed by atoms with Crippen molar-refractivity contribution in [1.82, 2.24) is 10.2 Å². The summed E-state index contributed by atoms with van der Waals surface area (Å²) >= 11 is 1.81. The van der Waals surface area contributed by atoms with E-state index in [1.165, 1.54) is 0 Å². The van der Waals surface area contributed by atoms with Gasteiger partial charge in [0, 0.05) is 19.5 Å². The van der Waals surface area contributed by atoms with Crippen molar-refractivity contribution in [2.45, 2.75) is 19.3 Å². The average Bonchev–Trinajstić information content (AvgIpc) is 2.67. The second-order valence-electron chi connectivity index (χ2n) is 4.15. The molecule has 0 spiro atoms. The van der Waals surface area contributed by atoms with Gasteiger partial charge in [0.05, 0.1) is 0 Å². The Hall–Kier alpha value is -0.220. The van der Waals surface area contributed by atoms with Crippen molar-refractivity contribution in [3.8, 4) is 0 Å². The number of amides is 1. The molecule has 0 aliphatic carbocycles. The van der Waals surface area contributed by atoms with Crippen LogP contribution in [0.2, 0.25) is 0 Å². The zero-order valence-electron chi connectivity index (χ0n) is 9.79. The lowest BCUT2D eigenvalue weighted by molar-refractivity contribution is -0.130. The number of rotatable bonds is 6. The molecule has 1 rings (SSSR count). The fourth-order valence-corrected chi connectivity index (χ4v) is 2.47. The quantitative estimate of drug-likeness (QED) is 0.696. The summed E-state index contributed by atoms with van der Waals surface area (Å²) in [6.45, 7) is 2.96. The predicted molar refractivity (Wildman–Crippen MR) is 66.2 cm³/mol. The molecule has 1 N–H and O–H groups in total. The van der Waals surface area contributed by atoms with E-state index in [9.17, 15) is 4.79 Å². The van der Waals surface area contributed by atoms with Gasteiger partial charge < -0.3 is 10.2 Å². The Kier molecular flexibility index (Phi) is 6.10. The smallest absolute Gasteiger partial charge is 0.222 e. The summed E-state index contributed by atoms with van der Waals surface area (Å²) in [5.41, 5.74) is 0. The van der Waals surface area contributed by atoms with Crippen LogP contribution in [0.5, 0.6) is 0 Å². The molecule has 0 aromatic heterocycles. The van der Waals surface area contributed by atoms with Gasteiger partial charge in [0.25, 0.3) is 0 Å². The summed E-state index contributed by atoms with van der Waals surface area (Å²) in [7, 11) is 1.98. The molecule has 1 fully saturated rings. The third kappa shape index (κ3) is 4.43. The van der Waals surface area contributed by atoms with Gasteiger partial charge in [-0.15, -0.1) is 0 Å².